The smallest absolute Gasteiger partial charge is 0.345 e. The van der Waals surface area contributed by atoms with Crippen LogP contribution < -0.4 is 0 Å². The molecule has 0 spiro atoms. The van der Waals surface area contributed by atoms with Crippen molar-refractivity contribution in [2.45, 2.75) is 115 Å². The maximum atomic E-state index is 6.74. The lowest BCUT2D eigenvalue weighted by Crippen LogP contribution is -2.54. The molecule has 0 atom stereocenters. The minimum Gasteiger partial charge on any atom is -0.391 e. The Labute approximate surface area is 133 Å². The Morgan fingerprint density at radius 2 is 0.952 bits per heavy atom. The highest BCUT2D eigenvalue weighted by Crippen LogP contribution is 2.50. The van der Waals surface area contributed by atoms with Crippen molar-refractivity contribution in [2.24, 2.45) is 0 Å². The lowest BCUT2D eigenvalue weighted by molar-refractivity contribution is 0.0794. The van der Waals surface area contributed by atoms with Crippen LogP contribution in [0.15, 0.2) is 0 Å². The standard InChI is InChI=1S/C18H36O2Si/c1-15(2)19-21(20-16(3)4,17-11-7-5-8-12-17)18-13-9-6-10-14-18/h15-18H,5-14H2,1-4H3. The first-order valence-corrected chi connectivity index (χ1v) is 11.4. The van der Waals surface area contributed by atoms with Crippen LogP contribution in [0, 0.1) is 0 Å². The predicted octanol–water partition coefficient (Wildman–Crippen LogP) is 5.95. The average Bonchev–Trinajstić information content (AvgIpc) is 2.47. The summed E-state index contributed by atoms with van der Waals surface area (Å²) in [6.45, 7) is 8.82. The summed E-state index contributed by atoms with van der Waals surface area (Å²) in [5.74, 6) is 0. The van der Waals surface area contributed by atoms with E-state index < -0.39 is 8.56 Å². The van der Waals surface area contributed by atoms with E-state index >= 15 is 0 Å². The zero-order valence-corrected chi connectivity index (χ0v) is 15.7. The maximum Gasteiger partial charge on any atom is 0.345 e. The zero-order valence-electron chi connectivity index (χ0n) is 14.7. The molecule has 0 N–H and O–H groups in total. The van der Waals surface area contributed by atoms with Gasteiger partial charge in [-0.2, -0.15) is 0 Å². The van der Waals surface area contributed by atoms with Crippen LogP contribution in [0.5, 0.6) is 0 Å². The molecule has 0 unspecified atom stereocenters. The van der Waals surface area contributed by atoms with Gasteiger partial charge in [-0.3, -0.25) is 0 Å². The van der Waals surface area contributed by atoms with Crippen LogP contribution in [0.3, 0.4) is 0 Å². The van der Waals surface area contributed by atoms with Crippen molar-refractivity contribution in [3.63, 3.8) is 0 Å². The monoisotopic (exact) mass is 312 g/mol. The van der Waals surface area contributed by atoms with Crippen LogP contribution in [0.1, 0.15) is 91.9 Å². The van der Waals surface area contributed by atoms with Gasteiger partial charge in [0.15, 0.2) is 0 Å². The van der Waals surface area contributed by atoms with Crippen molar-refractivity contribution in [3.8, 4) is 0 Å². The normalized spacial score (nSPS) is 23.1. The summed E-state index contributed by atoms with van der Waals surface area (Å²) >= 11 is 0. The van der Waals surface area contributed by atoms with E-state index in [2.05, 4.69) is 27.7 Å². The Balaban J connectivity index is 2.25. The highest BCUT2D eigenvalue weighted by Gasteiger charge is 2.53. The van der Waals surface area contributed by atoms with Crippen LogP contribution in [0.4, 0.5) is 0 Å². The molecule has 0 bridgehead atoms. The van der Waals surface area contributed by atoms with Gasteiger partial charge in [0.05, 0.1) is 0 Å². The fraction of sp³-hybridized carbons (Fsp3) is 1.00. The van der Waals surface area contributed by atoms with Crippen molar-refractivity contribution in [2.75, 3.05) is 0 Å². The molecule has 0 amide bonds. The van der Waals surface area contributed by atoms with E-state index in [1.54, 1.807) is 0 Å². The molecule has 0 saturated heterocycles. The number of rotatable bonds is 6. The van der Waals surface area contributed by atoms with Crippen molar-refractivity contribution in [1.82, 2.24) is 0 Å². The Hall–Kier alpha value is 0.137. The first kappa shape index (κ1) is 17.5. The maximum absolute atomic E-state index is 6.74. The van der Waals surface area contributed by atoms with Crippen molar-refractivity contribution in [3.05, 3.63) is 0 Å². The second-order valence-corrected chi connectivity index (χ2v) is 11.3. The summed E-state index contributed by atoms with van der Waals surface area (Å²) in [6.07, 6.45) is 14.4. The molecular formula is C18H36O2Si. The highest BCUT2D eigenvalue weighted by atomic mass is 28.4. The average molecular weight is 313 g/mol. The molecule has 21 heavy (non-hydrogen) atoms. The van der Waals surface area contributed by atoms with Gasteiger partial charge >= 0.3 is 8.56 Å². The zero-order chi connectivity index (χ0) is 15.3. The lowest BCUT2D eigenvalue weighted by atomic mass is 9.99. The van der Waals surface area contributed by atoms with Crippen LogP contribution in [-0.4, -0.2) is 20.8 Å². The van der Waals surface area contributed by atoms with Gasteiger partial charge in [0.25, 0.3) is 0 Å². The minimum absolute atomic E-state index is 0.305. The molecule has 3 heteroatoms. The molecule has 2 saturated carbocycles. The first-order chi connectivity index (χ1) is 10.0. The second kappa shape index (κ2) is 8.12. The van der Waals surface area contributed by atoms with Crippen LogP contribution in [0.25, 0.3) is 0 Å². The third-order valence-corrected chi connectivity index (χ3v) is 10.3. The van der Waals surface area contributed by atoms with Gasteiger partial charge in [-0.25, -0.2) is 0 Å². The van der Waals surface area contributed by atoms with Gasteiger partial charge in [-0.15, -0.1) is 0 Å². The lowest BCUT2D eigenvalue weighted by Gasteiger charge is -2.47. The number of hydrogen-bond donors (Lipinski definition) is 0. The fourth-order valence-corrected chi connectivity index (χ4v) is 9.88. The van der Waals surface area contributed by atoms with Gasteiger partial charge in [-0.05, 0) is 53.4 Å². The molecule has 0 aromatic rings. The molecular weight excluding hydrogens is 276 g/mol. The topological polar surface area (TPSA) is 18.5 Å². The summed E-state index contributed by atoms with van der Waals surface area (Å²) in [6, 6.07) is 0. The second-order valence-electron chi connectivity index (χ2n) is 7.72. The quantitative estimate of drug-likeness (QED) is 0.564. The molecule has 0 aliphatic heterocycles. The van der Waals surface area contributed by atoms with E-state index in [4.69, 9.17) is 8.85 Å². The van der Waals surface area contributed by atoms with Gasteiger partial charge in [0, 0.05) is 23.3 Å². The van der Waals surface area contributed by atoms with E-state index in [0.717, 1.165) is 11.1 Å². The minimum atomic E-state index is -2.12. The SMILES string of the molecule is CC(C)O[Si](OC(C)C)(C1CCCCC1)C1CCCCC1. The summed E-state index contributed by atoms with van der Waals surface area (Å²) in [4.78, 5) is 0. The third kappa shape index (κ3) is 4.55. The Bertz CT molecular complexity index is 262. The van der Waals surface area contributed by atoms with Gasteiger partial charge < -0.3 is 8.85 Å². The third-order valence-electron chi connectivity index (χ3n) is 5.19. The largest absolute Gasteiger partial charge is 0.391 e. The van der Waals surface area contributed by atoms with Crippen LogP contribution >= 0.6 is 0 Å². The molecule has 124 valence electrons. The first-order valence-electron chi connectivity index (χ1n) is 9.40. The molecule has 0 aromatic carbocycles. The Morgan fingerprint density at radius 3 is 1.24 bits per heavy atom. The molecule has 2 aliphatic rings. The van der Waals surface area contributed by atoms with Crippen molar-refractivity contribution >= 4 is 8.56 Å². The Kier molecular flexibility index (Phi) is 6.76. The van der Waals surface area contributed by atoms with E-state index in [9.17, 15) is 0 Å². The van der Waals surface area contributed by atoms with Gasteiger partial charge in [0.2, 0.25) is 0 Å². The van der Waals surface area contributed by atoms with Crippen molar-refractivity contribution in [1.29, 1.82) is 0 Å². The molecule has 0 heterocycles. The Morgan fingerprint density at radius 1 is 0.619 bits per heavy atom. The summed E-state index contributed by atoms with van der Waals surface area (Å²) in [5.41, 5.74) is 1.47. The molecule has 2 fully saturated rings. The van der Waals surface area contributed by atoms with E-state index in [0.29, 0.717) is 12.2 Å². The molecule has 0 radical (unpaired) electrons. The molecule has 2 nitrogen and oxygen atoms in total. The van der Waals surface area contributed by atoms with E-state index in [1.165, 1.54) is 64.2 Å². The van der Waals surface area contributed by atoms with Crippen molar-refractivity contribution < 1.29 is 8.85 Å². The summed E-state index contributed by atoms with van der Waals surface area (Å²) in [5, 5.41) is 0. The predicted molar refractivity (Wildman–Crippen MR) is 91.9 cm³/mol. The molecule has 2 aliphatic carbocycles. The van der Waals surface area contributed by atoms with E-state index in [-0.39, 0.29) is 0 Å². The summed E-state index contributed by atoms with van der Waals surface area (Å²) in [7, 11) is -2.12. The number of hydrogen-bond acceptors (Lipinski definition) is 2. The summed E-state index contributed by atoms with van der Waals surface area (Å²) < 4.78 is 13.5. The van der Waals surface area contributed by atoms with Gasteiger partial charge in [0.1, 0.15) is 0 Å². The molecule has 0 aromatic heterocycles. The van der Waals surface area contributed by atoms with Gasteiger partial charge in [-0.1, -0.05) is 38.5 Å². The fourth-order valence-electron chi connectivity index (χ4n) is 4.49. The van der Waals surface area contributed by atoms with Crippen LogP contribution in [-0.2, 0) is 8.85 Å². The van der Waals surface area contributed by atoms with E-state index in [1.807, 2.05) is 0 Å². The highest BCUT2D eigenvalue weighted by molar-refractivity contribution is 6.70. The van der Waals surface area contributed by atoms with Crippen LogP contribution in [0.2, 0.25) is 11.1 Å². The molecule has 2 rings (SSSR count).